The van der Waals surface area contributed by atoms with Crippen LogP contribution < -0.4 is 5.32 Å². The molecule has 19 heavy (non-hydrogen) atoms. The average Bonchev–Trinajstić information content (AvgIpc) is 2.83. The van der Waals surface area contributed by atoms with Crippen molar-refractivity contribution in [3.8, 4) is 0 Å². The molecule has 6 heteroatoms. The predicted molar refractivity (Wildman–Crippen MR) is 77.6 cm³/mol. The van der Waals surface area contributed by atoms with E-state index >= 15 is 0 Å². The van der Waals surface area contributed by atoms with Crippen LogP contribution in [0.25, 0.3) is 11.0 Å². The van der Waals surface area contributed by atoms with Gasteiger partial charge in [-0.05, 0) is 30.3 Å². The molecular weight excluding hydrogens is 283 g/mol. The zero-order valence-corrected chi connectivity index (χ0v) is 11.4. The van der Waals surface area contributed by atoms with Crippen molar-refractivity contribution in [3.05, 3.63) is 52.5 Å². The Labute approximate surface area is 119 Å². The molecule has 3 rings (SSSR count). The van der Waals surface area contributed by atoms with E-state index in [-0.39, 0.29) is 0 Å². The molecule has 0 atom stereocenters. The molecule has 0 unspecified atom stereocenters. The van der Waals surface area contributed by atoms with Gasteiger partial charge >= 0.3 is 0 Å². The van der Waals surface area contributed by atoms with Crippen molar-refractivity contribution in [2.45, 2.75) is 6.67 Å². The first-order valence-electron chi connectivity index (χ1n) is 5.71. The summed E-state index contributed by atoms with van der Waals surface area (Å²) in [5.41, 5.74) is 2.60. The summed E-state index contributed by atoms with van der Waals surface area (Å²) in [4.78, 5) is 0. The van der Waals surface area contributed by atoms with E-state index in [9.17, 15) is 0 Å². The lowest BCUT2D eigenvalue weighted by Crippen LogP contribution is -2.09. The smallest absolute Gasteiger partial charge is 0.113 e. The van der Waals surface area contributed by atoms with Crippen molar-refractivity contribution in [1.29, 1.82) is 0 Å². The van der Waals surface area contributed by atoms with E-state index in [0.717, 1.165) is 16.7 Å². The molecule has 0 saturated carbocycles. The number of benzene rings is 2. The molecule has 0 amide bonds. The number of anilines is 1. The second-order valence-corrected chi connectivity index (χ2v) is 4.88. The summed E-state index contributed by atoms with van der Waals surface area (Å²) in [5, 5.41) is 12.6. The highest BCUT2D eigenvalue weighted by Gasteiger charge is 2.04. The van der Waals surface area contributed by atoms with Crippen molar-refractivity contribution < 1.29 is 0 Å². The summed E-state index contributed by atoms with van der Waals surface area (Å²) < 4.78 is 1.77. The number of rotatable bonds is 3. The summed E-state index contributed by atoms with van der Waals surface area (Å²) in [6.07, 6.45) is 0. The van der Waals surface area contributed by atoms with Crippen molar-refractivity contribution in [3.63, 3.8) is 0 Å². The molecule has 1 N–H and O–H groups in total. The van der Waals surface area contributed by atoms with Crippen LogP contribution in [0.1, 0.15) is 0 Å². The first-order valence-corrected chi connectivity index (χ1v) is 6.47. The first kappa shape index (κ1) is 12.3. The number of aromatic nitrogens is 3. The summed E-state index contributed by atoms with van der Waals surface area (Å²) >= 11 is 12.0. The van der Waals surface area contributed by atoms with E-state index in [4.69, 9.17) is 23.2 Å². The van der Waals surface area contributed by atoms with Gasteiger partial charge in [-0.15, -0.1) is 5.10 Å². The van der Waals surface area contributed by atoms with Crippen LogP contribution in [0.15, 0.2) is 42.5 Å². The van der Waals surface area contributed by atoms with Gasteiger partial charge in [-0.2, -0.15) is 0 Å². The highest BCUT2D eigenvalue weighted by Crippen LogP contribution is 2.25. The van der Waals surface area contributed by atoms with Crippen molar-refractivity contribution >= 4 is 39.9 Å². The molecule has 0 saturated heterocycles. The summed E-state index contributed by atoms with van der Waals surface area (Å²) in [6.45, 7) is 0.473. The number of nitrogens with one attached hydrogen (secondary N) is 1. The average molecular weight is 293 g/mol. The Morgan fingerprint density at radius 1 is 1.11 bits per heavy atom. The van der Waals surface area contributed by atoms with Gasteiger partial charge in [0.15, 0.2) is 0 Å². The molecular formula is C13H10Cl2N4. The zero-order chi connectivity index (χ0) is 13.2. The van der Waals surface area contributed by atoms with Gasteiger partial charge in [-0.3, -0.25) is 0 Å². The minimum absolute atomic E-state index is 0.473. The van der Waals surface area contributed by atoms with E-state index in [0.29, 0.717) is 16.7 Å². The van der Waals surface area contributed by atoms with E-state index in [1.54, 1.807) is 22.9 Å². The number of nitrogens with zero attached hydrogens (tertiary/aromatic N) is 3. The van der Waals surface area contributed by atoms with Gasteiger partial charge in [0.25, 0.3) is 0 Å². The SMILES string of the molecule is Clc1ccc(Cl)c(NCn2nnc3ccccc32)c1. The van der Waals surface area contributed by atoms with E-state index < -0.39 is 0 Å². The maximum atomic E-state index is 6.09. The molecule has 0 aliphatic rings. The fourth-order valence-corrected chi connectivity index (χ4v) is 2.18. The van der Waals surface area contributed by atoms with Gasteiger partial charge < -0.3 is 5.32 Å². The second kappa shape index (κ2) is 5.07. The Morgan fingerprint density at radius 2 is 1.95 bits per heavy atom. The third kappa shape index (κ3) is 2.50. The zero-order valence-electron chi connectivity index (χ0n) is 9.85. The molecule has 0 bridgehead atoms. The molecule has 0 aliphatic heterocycles. The molecule has 4 nitrogen and oxygen atoms in total. The Morgan fingerprint density at radius 3 is 2.84 bits per heavy atom. The summed E-state index contributed by atoms with van der Waals surface area (Å²) in [5.74, 6) is 0. The largest absolute Gasteiger partial charge is 0.365 e. The van der Waals surface area contributed by atoms with Crippen LogP contribution >= 0.6 is 23.2 Å². The molecule has 2 aromatic carbocycles. The summed E-state index contributed by atoms with van der Waals surface area (Å²) in [6, 6.07) is 13.1. The van der Waals surface area contributed by atoms with Gasteiger partial charge in [0.1, 0.15) is 12.2 Å². The third-order valence-corrected chi connectivity index (χ3v) is 3.33. The van der Waals surface area contributed by atoms with Gasteiger partial charge in [0.2, 0.25) is 0 Å². The number of hydrogen-bond donors (Lipinski definition) is 1. The minimum Gasteiger partial charge on any atom is -0.365 e. The number of hydrogen-bond acceptors (Lipinski definition) is 3. The lowest BCUT2D eigenvalue weighted by Gasteiger charge is -2.09. The normalized spacial score (nSPS) is 10.8. The lowest BCUT2D eigenvalue weighted by molar-refractivity contribution is 0.655. The molecule has 0 fully saturated rings. The van der Waals surface area contributed by atoms with Crippen LogP contribution in [0.2, 0.25) is 10.0 Å². The lowest BCUT2D eigenvalue weighted by atomic mass is 10.3. The molecule has 1 aromatic heterocycles. The fourth-order valence-electron chi connectivity index (χ4n) is 1.83. The van der Waals surface area contributed by atoms with Gasteiger partial charge in [-0.1, -0.05) is 40.5 Å². The molecule has 1 heterocycles. The van der Waals surface area contributed by atoms with Crippen LogP contribution in [0.4, 0.5) is 5.69 Å². The molecule has 3 aromatic rings. The van der Waals surface area contributed by atoms with Crippen molar-refractivity contribution in [2.75, 3.05) is 5.32 Å². The standard InChI is InChI=1S/C13H10Cl2N4/c14-9-5-6-10(15)12(7-9)16-8-19-13-4-2-1-3-11(13)17-18-19/h1-7,16H,8H2. The van der Waals surface area contributed by atoms with Crippen molar-refractivity contribution in [1.82, 2.24) is 15.0 Å². The third-order valence-electron chi connectivity index (χ3n) is 2.77. The van der Waals surface area contributed by atoms with E-state index in [1.807, 2.05) is 24.3 Å². The highest BCUT2D eigenvalue weighted by molar-refractivity contribution is 6.35. The molecule has 0 aliphatic carbocycles. The molecule has 0 radical (unpaired) electrons. The maximum Gasteiger partial charge on any atom is 0.113 e. The predicted octanol–water partition coefficient (Wildman–Crippen LogP) is 3.81. The van der Waals surface area contributed by atoms with Crippen molar-refractivity contribution in [2.24, 2.45) is 0 Å². The summed E-state index contributed by atoms with van der Waals surface area (Å²) in [7, 11) is 0. The minimum atomic E-state index is 0.473. The van der Waals surface area contributed by atoms with Gasteiger partial charge in [0.05, 0.1) is 16.2 Å². The number of halogens is 2. The van der Waals surface area contributed by atoms with E-state index in [1.165, 1.54) is 0 Å². The highest BCUT2D eigenvalue weighted by atomic mass is 35.5. The Hall–Kier alpha value is -1.78. The Bertz CT molecular complexity index is 723. The number of fused-ring (bicyclic) bond motifs is 1. The number of para-hydroxylation sites is 1. The molecule has 96 valence electrons. The van der Waals surface area contributed by atoms with Crippen LogP contribution in [-0.2, 0) is 6.67 Å². The van der Waals surface area contributed by atoms with Gasteiger partial charge in [-0.25, -0.2) is 4.68 Å². The monoisotopic (exact) mass is 292 g/mol. The van der Waals surface area contributed by atoms with Crippen LogP contribution in [0.5, 0.6) is 0 Å². The van der Waals surface area contributed by atoms with Crippen LogP contribution in [0.3, 0.4) is 0 Å². The van der Waals surface area contributed by atoms with Crippen LogP contribution in [0, 0.1) is 0 Å². The first-order chi connectivity index (χ1) is 9.24. The Balaban J connectivity index is 1.84. The van der Waals surface area contributed by atoms with Gasteiger partial charge in [0, 0.05) is 5.02 Å². The quantitative estimate of drug-likeness (QED) is 0.798. The second-order valence-electron chi connectivity index (χ2n) is 4.04. The van der Waals surface area contributed by atoms with Crippen LogP contribution in [-0.4, -0.2) is 15.0 Å². The maximum absolute atomic E-state index is 6.09. The van der Waals surface area contributed by atoms with E-state index in [2.05, 4.69) is 15.6 Å². The fraction of sp³-hybridized carbons (Fsp3) is 0.0769. The molecule has 0 spiro atoms. The Kier molecular flexibility index (Phi) is 3.27. The topological polar surface area (TPSA) is 42.7 Å².